The molecule has 2 aromatic rings. The summed E-state index contributed by atoms with van der Waals surface area (Å²) in [6.07, 6.45) is 3.28. The maximum Gasteiger partial charge on any atom is 0.416 e. The Morgan fingerprint density at radius 2 is 1.79 bits per heavy atom. The minimum atomic E-state index is -4.37. The van der Waals surface area contributed by atoms with E-state index in [9.17, 15) is 18.0 Å². The van der Waals surface area contributed by atoms with Gasteiger partial charge in [0.1, 0.15) is 0 Å². The van der Waals surface area contributed by atoms with Crippen LogP contribution in [0, 0.1) is 0 Å². The van der Waals surface area contributed by atoms with Crippen LogP contribution in [-0.2, 0) is 19.1 Å². The highest BCUT2D eigenvalue weighted by Gasteiger charge is 2.30. The number of amides is 2. The molecule has 1 aliphatic rings. The fraction of sp³-hybridized carbons (Fsp3) is 0.455. The van der Waals surface area contributed by atoms with Crippen LogP contribution in [0.25, 0.3) is 0 Å². The number of nitrogens with one attached hydrogen (secondary N) is 1. The van der Waals surface area contributed by atoms with Crippen LogP contribution in [0.2, 0.25) is 0 Å². The molecule has 0 unspecified atom stereocenters. The molecule has 1 heterocycles. The predicted octanol–water partition coefficient (Wildman–Crippen LogP) is 5.19. The Morgan fingerprint density at radius 1 is 1.07 bits per heavy atom. The van der Waals surface area contributed by atoms with E-state index in [-0.39, 0.29) is 18.6 Å². The summed E-state index contributed by atoms with van der Waals surface area (Å²) in [4.78, 5) is 18.8. The molecular weight excluding hydrogens is 379 g/mol. The maximum atomic E-state index is 12.9. The topological polar surface area (TPSA) is 45.2 Å². The summed E-state index contributed by atoms with van der Waals surface area (Å²) in [5, 5.41) is 3.10. The molecule has 1 fully saturated rings. The first-order valence-corrected chi connectivity index (χ1v) is 10.0. The summed E-state index contributed by atoms with van der Waals surface area (Å²) in [6, 6.07) is 10.6. The standard InChI is InChI=1S/C22H26F3N3O/c23-22(24,25)18-11-9-17(10-12-18)16-28(15-13-19-6-4-5-14-26-19)21(29)27-20-7-2-1-3-8-20/h4-6,9-12,14,20H,1-3,7-8,13,15-16H2,(H,27,29). The van der Waals surface area contributed by atoms with Crippen LogP contribution in [0.5, 0.6) is 0 Å². The lowest BCUT2D eigenvalue weighted by Gasteiger charge is -2.28. The Morgan fingerprint density at radius 3 is 2.41 bits per heavy atom. The quantitative estimate of drug-likeness (QED) is 0.719. The predicted molar refractivity (Wildman–Crippen MR) is 105 cm³/mol. The number of hydrogen-bond acceptors (Lipinski definition) is 2. The van der Waals surface area contributed by atoms with Crippen LogP contribution >= 0.6 is 0 Å². The van der Waals surface area contributed by atoms with Crippen LogP contribution in [0.3, 0.4) is 0 Å². The Bertz CT molecular complexity index is 772. The maximum absolute atomic E-state index is 12.9. The first-order chi connectivity index (χ1) is 13.9. The van der Waals surface area contributed by atoms with Gasteiger partial charge >= 0.3 is 12.2 Å². The second-order valence-electron chi connectivity index (χ2n) is 7.47. The van der Waals surface area contributed by atoms with Gasteiger partial charge in [0.05, 0.1) is 5.56 Å². The molecule has 2 amide bonds. The number of hydrogen-bond donors (Lipinski definition) is 1. The molecule has 0 aliphatic heterocycles. The number of urea groups is 1. The molecule has 29 heavy (non-hydrogen) atoms. The first kappa shape index (κ1) is 21.1. The molecule has 0 bridgehead atoms. The molecule has 0 atom stereocenters. The molecule has 7 heteroatoms. The number of alkyl halides is 3. The van der Waals surface area contributed by atoms with Crippen molar-refractivity contribution in [2.75, 3.05) is 6.54 Å². The van der Waals surface area contributed by atoms with Crippen molar-refractivity contribution in [3.8, 4) is 0 Å². The monoisotopic (exact) mass is 405 g/mol. The van der Waals surface area contributed by atoms with Gasteiger partial charge in [0.2, 0.25) is 0 Å². The molecule has 4 nitrogen and oxygen atoms in total. The van der Waals surface area contributed by atoms with Crippen LogP contribution < -0.4 is 5.32 Å². The number of rotatable bonds is 6. The van der Waals surface area contributed by atoms with E-state index in [1.807, 2.05) is 18.2 Å². The number of pyridine rings is 1. The lowest BCUT2D eigenvalue weighted by atomic mass is 9.96. The van der Waals surface area contributed by atoms with E-state index in [2.05, 4.69) is 10.3 Å². The molecule has 0 radical (unpaired) electrons. The highest BCUT2D eigenvalue weighted by molar-refractivity contribution is 5.74. The minimum Gasteiger partial charge on any atom is -0.335 e. The Balaban J connectivity index is 1.67. The third-order valence-corrected chi connectivity index (χ3v) is 5.24. The molecule has 1 saturated carbocycles. The third-order valence-electron chi connectivity index (χ3n) is 5.24. The number of aromatic nitrogens is 1. The highest BCUT2D eigenvalue weighted by atomic mass is 19.4. The number of halogens is 3. The molecule has 1 aromatic carbocycles. The van der Waals surface area contributed by atoms with Gasteiger partial charge in [-0.05, 0) is 42.7 Å². The second kappa shape index (κ2) is 9.76. The fourth-order valence-corrected chi connectivity index (χ4v) is 3.58. The van der Waals surface area contributed by atoms with Gasteiger partial charge in [0.25, 0.3) is 0 Å². The second-order valence-corrected chi connectivity index (χ2v) is 7.47. The summed E-state index contributed by atoms with van der Waals surface area (Å²) in [7, 11) is 0. The van der Waals surface area contributed by atoms with Crippen molar-refractivity contribution < 1.29 is 18.0 Å². The van der Waals surface area contributed by atoms with Gasteiger partial charge in [-0.2, -0.15) is 13.2 Å². The Labute approximate surface area is 169 Å². The van der Waals surface area contributed by atoms with Gasteiger partial charge in [-0.25, -0.2) is 4.79 Å². The zero-order chi connectivity index (χ0) is 20.7. The smallest absolute Gasteiger partial charge is 0.335 e. The third kappa shape index (κ3) is 6.48. The highest BCUT2D eigenvalue weighted by Crippen LogP contribution is 2.29. The van der Waals surface area contributed by atoms with Gasteiger partial charge in [-0.3, -0.25) is 4.98 Å². The summed E-state index contributed by atoms with van der Waals surface area (Å²) >= 11 is 0. The number of carbonyl (C=O) groups excluding carboxylic acids is 1. The average Bonchev–Trinajstić information content (AvgIpc) is 2.72. The Hall–Kier alpha value is -2.57. The summed E-state index contributed by atoms with van der Waals surface area (Å²) in [6.45, 7) is 0.695. The van der Waals surface area contributed by atoms with Crippen molar-refractivity contribution in [2.45, 2.75) is 57.3 Å². The van der Waals surface area contributed by atoms with Crippen molar-refractivity contribution in [3.63, 3.8) is 0 Å². The van der Waals surface area contributed by atoms with Crippen LogP contribution in [0.1, 0.15) is 48.9 Å². The summed E-state index contributed by atoms with van der Waals surface area (Å²) < 4.78 is 38.4. The van der Waals surface area contributed by atoms with Crippen molar-refractivity contribution in [1.29, 1.82) is 0 Å². The van der Waals surface area contributed by atoms with Gasteiger partial charge in [0.15, 0.2) is 0 Å². The van der Waals surface area contributed by atoms with E-state index in [1.165, 1.54) is 18.6 Å². The lowest BCUT2D eigenvalue weighted by molar-refractivity contribution is -0.137. The minimum absolute atomic E-state index is 0.168. The van der Waals surface area contributed by atoms with Gasteiger partial charge in [-0.15, -0.1) is 0 Å². The van der Waals surface area contributed by atoms with Gasteiger partial charge in [0, 0.05) is 37.4 Å². The van der Waals surface area contributed by atoms with Gasteiger partial charge < -0.3 is 10.2 Å². The zero-order valence-corrected chi connectivity index (χ0v) is 16.3. The van der Waals surface area contributed by atoms with Gasteiger partial charge in [-0.1, -0.05) is 37.5 Å². The number of benzene rings is 1. The lowest BCUT2D eigenvalue weighted by Crippen LogP contribution is -2.45. The van der Waals surface area contributed by atoms with Crippen molar-refractivity contribution in [3.05, 3.63) is 65.5 Å². The summed E-state index contributed by atoms with van der Waals surface area (Å²) in [5.41, 5.74) is 0.848. The molecule has 1 aromatic heterocycles. The van der Waals surface area contributed by atoms with E-state index in [0.717, 1.165) is 43.5 Å². The molecule has 0 saturated heterocycles. The van der Waals surface area contributed by atoms with Crippen molar-refractivity contribution >= 4 is 6.03 Å². The van der Waals surface area contributed by atoms with Crippen LogP contribution in [-0.4, -0.2) is 28.5 Å². The van der Waals surface area contributed by atoms with Crippen LogP contribution in [0.15, 0.2) is 48.7 Å². The zero-order valence-electron chi connectivity index (χ0n) is 16.3. The first-order valence-electron chi connectivity index (χ1n) is 10.0. The number of carbonyl (C=O) groups is 1. The van der Waals surface area contributed by atoms with Crippen molar-refractivity contribution in [2.24, 2.45) is 0 Å². The Kier molecular flexibility index (Phi) is 7.12. The summed E-state index contributed by atoms with van der Waals surface area (Å²) in [5.74, 6) is 0. The molecular formula is C22H26F3N3O. The van der Waals surface area contributed by atoms with E-state index >= 15 is 0 Å². The normalized spacial score (nSPS) is 15.1. The average molecular weight is 405 g/mol. The van der Waals surface area contributed by atoms with Crippen molar-refractivity contribution in [1.82, 2.24) is 15.2 Å². The van der Waals surface area contributed by atoms with E-state index < -0.39 is 11.7 Å². The largest absolute Gasteiger partial charge is 0.416 e. The van der Waals surface area contributed by atoms with E-state index in [1.54, 1.807) is 11.1 Å². The van der Waals surface area contributed by atoms with E-state index in [0.29, 0.717) is 18.5 Å². The van der Waals surface area contributed by atoms with Crippen LogP contribution in [0.4, 0.5) is 18.0 Å². The molecule has 3 rings (SSSR count). The van der Waals surface area contributed by atoms with E-state index in [4.69, 9.17) is 0 Å². The molecule has 1 aliphatic carbocycles. The molecule has 1 N–H and O–H groups in total. The fourth-order valence-electron chi connectivity index (χ4n) is 3.58. The number of nitrogens with zero attached hydrogens (tertiary/aromatic N) is 2. The molecule has 156 valence electrons. The molecule has 0 spiro atoms. The SMILES string of the molecule is O=C(NC1CCCCC1)N(CCc1ccccn1)Cc1ccc(C(F)(F)F)cc1.